The van der Waals surface area contributed by atoms with Crippen LogP contribution in [0.4, 0.5) is 11.4 Å². The summed E-state index contributed by atoms with van der Waals surface area (Å²) in [6, 6.07) is 19.3. The molecule has 0 saturated heterocycles. The highest BCUT2D eigenvalue weighted by atomic mass is 32.1. The largest absolute Gasteiger partial charge is 0.299 e. The number of hydrogen-bond acceptors (Lipinski definition) is 4. The zero-order chi connectivity index (χ0) is 19.5. The van der Waals surface area contributed by atoms with Gasteiger partial charge in [-0.05, 0) is 41.6 Å². The molecule has 3 aliphatic rings. The van der Waals surface area contributed by atoms with E-state index in [9.17, 15) is 9.59 Å². The molecule has 3 heterocycles. The maximum Gasteiger partial charge on any atom is 0.259 e. The lowest BCUT2D eigenvalue weighted by Gasteiger charge is -2.34. The van der Waals surface area contributed by atoms with E-state index in [4.69, 9.17) is 4.99 Å². The zero-order valence-corrected chi connectivity index (χ0v) is 16.4. The fourth-order valence-corrected chi connectivity index (χ4v) is 5.89. The third kappa shape index (κ3) is 2.40. The molecule has 2 aromatic carbocycles. The SMILES string of the molecule is O=C1CC(c2cccs2)CC2=Nc3ccccc3N3C(=O)c4ccccc4C3C12. The summed E-state index contributed by atoms with van der Waals surface area (Å²) in [5.41, 5.74) is 4.11. The molecular weight excluding hydrogens is 380 g/mol. The van der Waals surface area contributed by atoms with Gasteiger partial charge >= 0.3 is 0 Å². The van der Waals surface area contributed by atoms with Gasteiger partial charge in [-0.2, -0.15) is 0 Å². The first-order valence-electron chi connectivity index (χ1n) is 9.87. The Hall–Kier alpha value is -3.05. The predicted octanol–water partition coefficient (Wildman–Crippen LogP) is 5.30. The molecule has 4 nitrogen and oxygen atoms in total. The first kappa shape index (κ1) is 16.9. The molecule has 6 rings (SSSR count). The Labute approximate surface area is 172 Å². The van der Waals surface area contributed by atoms with E-state index in [0.29, 0.717) is 12.0 Å². The number of aliphatic imine (C=N–C) groups is 1. The summed E-state index contributed by atoms with van der Waals surface area (Å²) in [5, 5.41) is 2.06. The number of Topliss-reactive ketones (excluding diaryl/α,β-unsaturated/α-hetero) is 1. The maximum atomic E-state index is 13.5. The van der Waals surface area contributed by atoms with Crippen LogP contribution in [0.2, 0.25) is 0 Å². The lowest BCUT2D eigenvalue weighted by molar-refractivity contribution is -0.122. The molecule has 0 spiro atoms. The van der Waals surface area contributed by atoms with Crippen LogP contribution in [0.25, 0.3) is 0 Å². The fourth-order valence-electron chi connectivity index (χ4n) is 5.06. The van der Waals surface area contributed by atoms with E-state index >= 15 is 0 Å². The Kier molecular flexibility index (Phi) is 3.62. The third-order valence-corrected chi connectivity index (χ3v) is 7.32. The van der Waals surface area contributed by atoms with Crippen molar-refractivity contribution in [3.63, 3.8) is 0 Å². The second-order valence-corrected chi connectivity index (χ2v) is 8.84. The number of fused-ring (bicyclic) bond motifs is 7. The van der Waals surface area contributed by atoms with Gasteiger partial charge in [0.2, 0.25) is 0 Å². The summed E-state index contributed by atoms with van der Waals surface area (Å²) in [4.78, 5) is 34.8. The zero-order valence-electron chi connectivity index (χ0n) is 15.6. The number of carbonyl (C=O) groups is 2. The van der Waals surface area contributed by atoms with Crippen molar-refractivity contribution < 1.29 is 9.59 Å². The van der Waals surface area contributed by atoms with E-state index in [0.717, 1.165) is 29.1 Å². The number of hydrogen-bond donors (Lipinski definition) is 0. The van der Waals surface area contributed by atoms with Crippen LogP contribution < -0.4 is 4.90 Å². The molecular formula is C24H18N2O2S. The first-order valence-corrected chi connectivity index (χ1v) is 10.8. The van der Waals surface area contributed by atoms with Crippen molar-refractivity contribution in [2.24, 2.45) is 10.9 Å². The van der Waals surface area contributed by atoms with Crippen LogP contribution in [-0.4, -0.2) is 17.4 Å². The lowest BCUT2D eigenvalue weighted by atomic mass is 9.74. The van der Waals surface area contributed by atoms with E-state index < -0.39 is 0 Å². The van der Waals surface area contributed by atoms with Crippen LogP contribution in [0.15, 0.2) is 71.0 Å². The van der Waals surface area contributed by atoms with Gasteiger partial charge in [0.25, 0.3) is 5.91 Å². The van der Waals surface area contributed by atoms with Crippen molar-refractivity contribution in [2.45, 2.75) is 24.8 Å². The molecule has 0 radical (unpaired) electrons. The second kappa shape index (κ2) is 6.22. The molecule has 1 aliphatic carbocycles. The molecule has 1 saturated carbocycles. The smallest absolute Gasteiger partial charge is 0.259 e. The Bertz CT molecular complexity index is 1180. The monoisotopic (exact) mass is 398 g/mol. The molecule has 0 N–H and O–H groups in total. The Morgan fingerprint density at radius 2 is 1.76 bits per heavy atom. The minimum Gasteiger partial charge on any atom is -0.299 e. The van der Waals surface area contributed by atoms with Gasteiger partial charge < -0.3 is 0 Å². The summed E-state index contributed by atoms with van der Waals surface area (Å²) in [7, 11) is 0. The normalized spacial score (nSPS) is 24.9. The highest BCUT2D eigenvalue weighted by Crippen LogP contribution is 2.51. The summed E-state index contributed by atoms with van der Waals surface area (Å²) in [6.07, 6.45) is 1.26. The van der Waals surface area contributed by atoms with Crippen LogP contribution in [0.3, 0.4) is 0 Å². The first-order chi connectivity index (χ1) is 14.2. The number of anilines is 1. The van der Waals surface area contributed by atoms with Crippen molar-refractivity contribution in [2.75, 3.05) is 4.90 Å². The van der Waals surface area contributed by atoms with Crippen molar-refractivity contribution >= 4 is 40.1 Å². The molecule has 142 valence electrons. The van der Waals surface area contributed by atoms with Crippen LogP contribution in [0, 0.1) is 5.92 Å². The highest BCUT2D eigenvalue weighted by molar-refractivity contribution is 7.10. The molecule has 3 unspecified atom stereocenters. The lowest BCUT2D eigenvalue weighted by Crippen LogP contribution is -2.41. The number of para-hydroxylation sites is 2. The van der Waals surface area contributed by atoms with Gasteiger partial charge in [-0.15, -0.1) is 11.3 Å². The van der Waals surface area contributed by atoms with Gasteiger partial charge in [-0.25, -0.2) is 0 Å². The topological polar surface area (TPSA) is 49.7 Å². The number of nitrogens with zero attached hydrogens (tertiary/aromatic N) is 2. The molecule has 1 fully saturated rings. The van der Waals surface area contributed by atoms with Crippen molar-refractivity contribution in [1.82, 2.24) is 0 Å². The van der Waals surface area contributed by atoms with Crippen molar-refractivity contribution in [3.8, 4) is 0 Å². The molecule has 2 aliphatic heterocycles. The van der Waals surface area contributed by atoms with Crippen LogP contribution >= 0.6 is 11.3 Å². The van der Waals surface area contributed by atoms with E-state index in [1.807, 2.05) is 59.5 Å². The predicted molar refractivity (Wildman–Crippen MR) is 114 cm³/mol. The van der Waals surface area contributed by atoms with Crippen molar-refractivity contribution in [3.05, 3.63) is 82.0 Å². The van der Waals surface area contributed by atoms with Gasteiger partial charge in [-0.1, -0.05) is 36.4 Å². The number of ketones is 1. The number of carbonyl (C=O) groups excluding carboxylic acids is 2. The Morgan fingerprint density at radius 1 is 0.931 bits per heavy atom. The third-order valence-electron chi connectivity index (χ3n) is 6.28. The van der Waals surface area contributed by atoms with E-state index in [-0.39, 0.29) is 29.6 Å². The average Bonchev–Trinajstić information content (AvgIpc) is 3.33. The fraction of sp³-hybridized carbons (Fsp3) is 0.208. The van der Waals surface area contributed by atoms with E-state index in [1.54, 1.807) is 11.3 Å². The van der Waals surface area contributed by atoms with Crippen LogP contribution in [-0.2, 0) is 4.79 Å². The van der Waals surface area contributed by atoms with Gasteiger partial charge in [0.1, 0.15) is 5.78 Å². The van der Waals surface area contributed by atoms with E-state index in [1.165, 1.54) is 4.88 Å². The van der Waals surface area contributed by atoms with Crippen LogP contribution in [0.1, 0.15) is 45.6 Å². The number of thiophene rings is 1. The molecule has 1 amide bonds. The summed E-state index contributed by atoms with van der Waals surface area (Å²) in [5.74, 6) is -0.0711. The quantitative estimate of drug-likeness (QED) is 0.559. The van der Waals surface area contributed by atoms with Gasteiger partial charge in [-0.3, -0.25) is 19.5 Å². The van der Waals surface area contributed by atoms with Gasteiger partial charge in [0, 0.05) is 28.5 Å². The molecule has 3 aromatic rings. The number of amides is 1. The van der Waals surface area contributed by atoms with E-state index in [2.05, 4.69) is 11.4 Å². The minimum atomic E-state index is -0.383. The molecule has 5 heteroatoms. The molecule has 29 heavy (non-hydrogen) atoms. The van der Waals surface area contributed by atoms with Gasteiger partial charge in [0.05, 0.1) is 23.3 Å². The summed E-state index contributed by atoms with van der Waals surface area (Å²) >= 11 is 1.70. The average molecular weight is 398 g/mol. The standard InChI is InChI=1S/C24H18N2O2S/c27-20-13-14(21-10-5-11-29-21)12-18-22(20)23-15-6-1-2-7-16(15)24(28)26(23)19-9-4-3-8-17(19)25-18/h1-11,14,22-23H,12-13H2. The molecule has 1 aromatic heterocycles. The highest BCUT2D eigenvalue weighted by Gasteiger charge is 2.50. The van der Waals surface area contributed by atoms with Crippen LogP contribution in [0.5, 0.6) is 0 Å². The maximum absolute atomic E-state index is 13.5. The number of benzene rings is 2. The Morgan fingerprint density at radius 3 is 2.62 bits per heavy atom. The van der Waals surface area contributed by atoms with Crippen molar-refractivity contribution in [1.29, 1.82) is 0 Å². The Balaban J connectivity index is 1.55. The minimum absolute atomic E-state index is 0.0392. The molecule has 3 atom stereocenters. The van der Waals surface area contributed by atoms with Gasteiger partial charge in [0.15, 0.2) is 0 Å². The number of rotatable bonds is 1. The summed E-state index contributed by atoms with van der Waals surface area (Å²) < 4.78 is 0. The second-order valence-electron chi connectivity index (χ2n) is 7.86. The molecule has 0 bridgehead atoms. The summed E-state index contributed by atoms with van der Waals surface area (Å²) in [6.45, 7) is 0.